The molecule has 0 saturated carbocycles. The molecule has 1 rings (SSSR count). The van der Waals surface area contributed by atoms with E-state index >= 15 is 0 Å². The van der Waals surface area contributed by atoms with Gasteiger partial charge in [-0.25, -0.2) is 4.98 Å². The van der Waals surface area contributed by atoms with Crippen LogP contribution in [0, 0.1) is 3.57 Å². The highest BCUT2D eigenvalue weighted by atomic mass is 127. The number of nitrogens with zero attached hydrogens (tertiary/aromatic N) is 2. The fraction of sp³-hybridized carbons (Fsp3) is 0.500. The largest absolute Gasteiger partial charge is 0.474 e. The quantitative estimate of drug-likeness (QED) is 0.864. The van der Waals surface area contributed by atoms with Crippen molar-refractivity contribution in [3.8, 4) is 5.88 Å². The second kappa shape index (κ2) is 4.59. The number of aromatic nitrogens is 2. The maximum atomic E-state index is 5.54. The normalized spacial score (nSPS) is 12.5. The molecule has 0 aliphatic carbocycles. The zero-order chi connectivity index (χ0) is 9.84. The van der Waals surface area contributed by atoms with Crippen molar-refractivity contribution in [2.45, 2.75) is 26.4 Å². The van der Waals surface area contributed by atoms with Gasteiger partial charge in [-0.05, 0) is 35.9 Å². The number of nitrogens with two attached hydrogens (primary N) is 1. The van der Waals surface area contributed by atoms with Gasteiger partial charge in [-0.1, -0.05) is 6.92 Å². The molecule has 0 fully saturated rings. The highest BCUT2D eigenvalue weighted by Gasteiger charge is 2.07. The molecular weight excluding hydrogens is 281 g/mol. The highest BCUT2D eigenvalue weighted by molar-refractivity contribution is 14.1. The molecule has 1 heterocycles. The van der Waals surface area contributed by atoms with Crippen molar-refractivity contribution in [3.05, 3.63) is 9.77 Å². The molecule has 5 heteroatoms. The van der Waals surface area contributed by atoms with Gasteiger partial charge in [0.2, 0.25) is 11.8 Å². The third-order valence-corrected chi connectivity index (χ3v) is 2.36. The number of halogens is 1. The van der Waals surface area contributed by atoms with Crippen molar-refractivity contribution >= 4 is 28.5 Å². The number of rotatable bonds is 3. The van der Waals surface area contributed by atoms with Gasteiger partial charge in [0.1, 0.15) is 0 Å². The summed E-state index contributed by atoms with van der Waals surface area (Å²) >= 11 is 2.12. The van der Waals surface area contributed by atoms with Crippen LogP contribution in [0.2, 0.25) is 0 Å². The van der Waals surface area contributed by atoms with Gasteiger partial charge in [-0.15, -0.1) is 0 Å². The van der Waals surface area contributed by atoms with E-state index in [1.54, 1.807) is 6.20 Å². The zero-order valence-corrected chi connectivity index (χ0v) is 9.78. The second-order valence-electron chi connectivity index (χ2n) is 2.72. The van der Waals surface area contributed by atoms with Crippen LogP contribution in [0.1, 0.15) is 20.3 Å². The minimum absolute atomic E-state index is 0.155. The molecule has 0 bridgehead atoms. The summed E-state index contributed by atoms with van der Waals surface area (Å²) < 4.78 is 6.42. The lowest BCUT2D eigenvalue weighted by molar-refractivity contribution is 0.207. The first-order chi connectivity index (χ1) is 6.13. The third kappa shape index (κ3) is 2.98. The zero-order valence-electron chi connectivity index (χ0n) is 7.62. The Hall–Kier alpha value is -0.590. The Balaban J connectivity index is 2.81. The smallest absolute Gasteiger partial charge is 0.232 e. The molecule has 2 N–H and O–H groups in total. The molecule has 0 aromatic carbocycles. The molecule has 0 radical (unpaired) electrons. The first kappa shape index (κ1) is 10.5. The van der Waals surface area contributed by atoms with Crippen LogP contribution in [-0.2, 0) is 0 Å². The van der Waals surface area contributed by atoms with Crippen molar-refractivity contribution in [3.63, 3.8) is 0 Å². The number of anilines is 1. The van der Waals surface area contributed by atoms with Gasteiger partial charge in [-0.3, -0.25) is 0 Å². The summed E-state index contributed by atoms with van der Waals surface area (Å²) in [4.78, 5) is 7.85. The van der Waals surface area contributed by atoms with Gasteiger partial charge in [0.05, 0.1) is 9.67 Å². The van der Waals surface area contributed by atoms with Crippen molar-refractivity contribution in [1.29, 1.82) is 0 Å². The average Bonchev–Trinajstić information content (AvgIpc) is 2.11. The molecule has 0 saturated heterocycles. The van der Waals surface area contributed by atoms with E-state index in [4.69, 9.17) is 10.5 Å². The summed E-state index contributed by atoms with van der Waals surface area (Å²) in [5, 5.41) is 0. The van der Waals surface area contributed by atoms with Crippen molar-refractivity contribution < 1.29 is 4.74 Å². The molecule has 13 heavy (non-hydrogen) atoms. The van der Waals surface area contributed by atoms with E-state index in [9.17, 15) is 0 Å². The van der Waals surface area contributed by atoms with E-state index in [0.29, 0.717) is 5.88 Å². The van der Waals surface area contributed by atoms with Gasteiger partial charge in [0.15, 0.2) is 0 Å². The Morgan fingerprint density at radius 2 is 2.38 bits per heavy atom. The van der Waals surface area contributed by atoms with Gasteiger partial charge in [0.25, 0.3) is 0 Å². The molecule has 1 atom stereocenters. The Labute approximate surface area is 91.0 Å². The lowest BCUT2D eigenvalue weighted by Gasteiger charge is -2.12. The summed E-state index contributed by atoms with van der Waals surface area (Å²) in [6, 6.07) is 0. The summed E-state index contributed by atoms with van der Waals surface area (Å²) in [5.41, 5.74) is 5.44. The molecule has 1 unspecified atom stereocenters. The summed E-state index contributed by atoms with van der Waals surface area (Å²) in [6.07, 6.45) is 2.75. The van der Waals surface area contributed by atoms with E-state index in [-0.39, 0.29) is 12.1 Å². The van der Waals surface area contributed by atoms with Gasteiger partial charge in [-0.2, -0.15) is 4.98 Å². The molecule has 72 valence electrons. The molecule has 0 aliphatic rings. The maximum Gasteiger partial charge on any atom is 0.232 e. The average molecular weight is 293 g/mol. The summed E-state index contributed by atoms with van der Waals surface area (Å²) in [7, 11) is 0. The molecule has 0 aliphatic heterocycles. The van der Waals surface area contributed by atoms with Crippen LogP contribution in [0.3, 0.4) is 0 Å². The van der Waals surface area contributed by atoms with E-state index in [1.165, 1.54) is 0 Å². The van der Waals surface area contributed by atoms with Crippen LogP contribution >= 0.6 is 22.6 Å². The second-order valence-corrected chi connectivity index (χ2v) is 3.88. The first-order valence-corrected chi connectivity index (χ1v) is 5.16. The van der Waals surface area contributed by atoms with Crippen LogP contribution in [0.15, 0.2) is 6.20 Å². The molecule has 1 aromatic heterocycles. The Bertz CT molecular complexity index is 293. The standard InChI is InChI=1S/C8H12IN3O/c1-3-5(2)13-7-6(9)4-11-8(10)12-7/h4-5H,3H2,1-2H3,(H2,10,11,12). The number of ether oxygens (including phenoxy) is 1. The lowest BCUT2D eigenvalue weighted by atomic mass is 10.3. The van der Waals surface area contributed by atoms with Crippen molar-refractivity contribution in [2.75, 3.05) is 5.73 Å². The van der Waals surface area contributed by atoms with Gasteiger partial charge in [0, 0.05) is 6.20 Å². The number of hydrogen-bond acceptors (Lipinski definition) is 4. The van der Waals surface area contributed by atoms with Crippen LogP contribution < -0.4 is 10.5 Å². The number of hydrogen-bond donors (Lipinski definition) is 1. The Kier molecular flexibility index (Phi) is 3.71. The van der Waals surface area contributed by atoms with Crippen LogP contribution in [0.4, 0.5) is 5.95 Å². The minimum atomic E-state index is 0.155. The fourth-order valence-electron chi connectivity index (χ4n) is 0.721. The molecule has 0 spiro atoms. The van der Waals surface area contributed by atoms with Crippen molar-refractivity contribution in [2.24, 2.45) is 0 Å². The van der Waals surface area contributed by atoms with Gasteiger partial charge < -0.3 is 10.5 Å². The minimum Gasteiger partial charge on any atom is -0.474 e. The topological polar surface area (TPSA) is 61.0 Å². The van der Waals surface area contributed by atoms with E-state index in [1.807, 2.05) is 6.92 Å². The fourth-order valence-corrected chi connectivity index (χ4v) is 1.11. The highest BCUT2D eigenvalue weighted by Crippen LogP contribution is 2.19. The number of nitrogen functional groups attached to an aromatic ring is 1. The molecular formula is C8H12IN3O. The lowest BCUT2D eigenvalue weighted by Crippen LogP contribution is -2.12. The monoisotopic (exact) mass is 293 g/mol. The van der Waals surface area contributed by atoms with Crippen molar-refractivity contribution in [1.82, 2.24) is 9.97 Å². The Morgan fingerprint density at radius 1 is 1.69 bits per heavy atom. The summed E-state index contributed by atoms with van der Waals surface area (Å²) in [6.45, 7) is 4.05. The van der Waals surface area contributed by atoms with E-state index < -0.39 is 0 Å². The molecule has 1 aromatic rings. The van der Waals surface area contributed by atoms with E-state index in [2.05, 4.69) is 39.5 Å². The Morgan fingerprint density at radius 3 is 3.00 bits per heavy atom. The third-order valence-electron chi connectivity index (χ3n) is 1.62. The SMILES string of the molecule is CCC(C)Oc1nc(N)ncc1I. The van der Waals surface area contributed by atoms with Crippen LogP contribution in [0.25, 0.3) is 0 Å². The van der Waals surface area contributed by atoms with E-state index in [0.717, 1.165) is 9.99 Å². The summed E-state index contributed by atoms with van der Waals surface area (Å²) in [5.74, 6) is 0.821. The predicted octanol–water partition coefficient (Wildman–Crippen LogP) is 1.84. The van der Waals surface area contributed by atoms with Crippen LogP contribution in [-0.4, -0.2) is 16.1 Å². The first-order valence-electron chi connectivity index (χ1n) is 4.08. The van der Waals surface area contributed by atoms with Gasteiger partial charge >= 0.3 is 0 Å². The predicted molar refractivity (Wildman–Crippen MR) is 59.5 cm³/mol. The molecule has 4 nitrogen and oxygen atoms in total. The van der Waals surface area contributed by atoms with Crippen LogP contribution in [0.5, 0.6) is 5.88 Å². The maximum absolute atomic E-state index is 5.54. The molecule has 0 amide bonds.